The van der Waals surface area contributed by atoms with E-state index in [1.165, 1.54) is 0 Å². The normalized spacial score (nSPS) is 25.3. The van der Waals surface area contributed by atoms with Gasteiger partial charge in [-0.1, -0.05) is 0 Å². The topological polar surface area (TPSA) is 45.8 Å². The van der Waals surface area contributed by atoms with Crippen molar-refractivity contribution < 1.29 is 14.3 Å². The highest BCUT2D eigenvalue weighted by molar-refractivity contribution is 5.00. The Labute approximate surface area is 89.4 Å². The Hall–Kier alpha value is -0.840. The average Bonchev–Trinajstić information content (AvgIpc) is 2.70. The summed E-state index contributed by atoms with van der Waals surface area (Å²) in [6.07, 6.45) is 1.55. The molecule has 0 spiro atoms. The Bertz CT molecular complexity index is 286. The monoisotopic (exact) mass is 211 g/mol. The van der Waals surface area contributed by atoms with Crippen LogP contribution in [0.2, 0.25) is 0 Å². The van der Waals surface area contributed by atoms with Gasteiger partial charge in [0.1, 0.15) is 5.76 Å². The van der Waals surface area contributed by atoms with Gasteiger partial charge in [0, 0.05) is 19.5 Å². The van der Waals surface area contributed by atoms with E-state index in [1.54, 1.807) is 6.26 Å². The molecule has 84 valence electrons. The molecule has 4 nitrogen and oxygen atoms in total. The molecule has 2 unspecified atom stereocenters. The van der Waals surface area contributed by atoms with Crippen LogP contribution in [0.25, 0.3) is 0 Å². The lowest BCUT2D eigenvalue weighted by Gasteiger charge is -2.32. The zero-order valence-electron chi connectivity index (χ0n) is 8.93. The molecule has 0 aliphatic carbocycles. The molecule has 1 N–H and O–H groups in total. The average molecular weight is 211 g/mol. The van der Waals surface area contributed by atoms with Crippen LogP contribution < -0.4 is 0 Å². The molecule has 1 fully saturated rings. The van der Waals surface area contributed by atoms with Crippen molar-refractivity contribution in [1.29, 1.82) is 0 Å². The maximum absolute atomic E-state index is 9.95. The minimum Gasteiger partial charge on any atom is -0.469 e. The molecule has 0 amide bonds. The number of nitrogens with zero attached hydrogens (tertiary/aromatic N) is 1. The van der Waals surface area contributed by atoms with Gasteiger partial charge in [-0.3, -0.25) is 0 Å². The van der Waals surface area contributed by atoms with Gasteiger partial charge < -0.3 is 19.2 Å². The van der Waals surface area contributed by atoms with Gasteiger partial charge in [0.15, 0.2) is 0 Å². The summed E-state index contributed by atoms with van der Waals surface area (Å²) >= 11 is 0. The Balaban J connectivity index is 1.87. The van der Waals surface area contributed by atoms with Crippen LogP contribution in [-0.2, 0) is 11.2 Å². The summed E-state index contributed by atoms with van der Waals surface area (Å²) in [5.41, 5.74) is 0. The molecule has 0 saturated carbocycles. The molecule has 4 heteroatoms. The number of ether oxygens (including phenoxy) is 1. The lowest BCUT2D eigenvalue weighted by molar-refractivity contribution is -0.0834. The van der Waals surface area contributed by atoms with Crippen molar-refractivity contribution in [1.82, 2.24) is 4.90 Å². The van der Waals surface area contributed by atoms with E-state index in [0.717, 1.165) is 18.8 Å². The molecule has 1 aromatic heterocycles. The molecule has 2 heterocycles. The van der Waals surface area contributed by atoms with Crippen molar-refractivity contribution >= 4 is 0 Å². The molecule has 0 aromatic carbocycles. The van der Waals surface area contributed by atoms with Crippen LogP contribution in [0.15, 0.2) is 22.8 Å². The number of likely N-dealkylation sites (N-methyl/N-ethyl adjacent to an activating group) is 1. The highest BCUT2D eigenvalue weighted by Gasteiger charge is 2.25. The number of furan rings is 1. The first-order chi connectivity index (χ1) is 7.25. The van der Waals surface area contributed by atoms with E-state index in [1.807, 2.05) is 19.2 Å². The van der Waals surface area contributed by atoms with Crippen molar-refractivity contribution in [3.8, 4) is 0 Å². The van der Waals surface area contributed by atoms with E-state index >= 15 is 0 Å². The van der Waals surface area contributed by atoms with Gasteiger partial charge in [0.2, 0.25) is 0 Å². The third-order valence-corrected chi connectivity index (χ3v) is 2.72. The highest BCUT2D eigenvalue weighted by atomic mass is 16.5. The number of rotatable bonds is 3. The first-order valence-corrected chi connectivity index (χ1v) is 5.26. The minimum atomic E-state index is -0.487. The highest BCUT2D eigenvalue weighted by Crippen LogP contribution is 2.12. The molecule has 0 radical (unpaired) electrons. The summed E-state index contributed by atoms with van der Waals surface area (Å²) in [6.45, 7) is 2.40. The largest absolute Gasteiger partial charge is 0.469 e. The molecule has 2 atom stereocenters. The Morgan fingerprint density at radius 3 is 3.20 bits per heavy atom. The molecule has 1 saturated heterocycles. The Morgan fingerprint density at radius 1 is 1.67 bits per heavy atom. The molecule has 0 bridgehead atoms. The van der Waals surface area contributed by atoms with Crippen molar-refractivity contribution in [3.05, 3.63) is 24.2 Å². The second-order valence-electron chi connectivity index (χ2n) is 4.02. The second-order valence-corrected chi connectivity index (χ2v) is 4.02. The van der Waals surface area contributed by atoms with Crippen LogP contribution in [0.1, 0.15) is 5.76 Å². The maximum atomic E-state index is 9.95. The van der Waals surface area contributed by atoms with Crippen LogP contribution >= 0.6 is 0 Å². The van der Waals surface area contributed by atoms with Gasteiger partial charge in [-0.15, -0.1) is 0 Å². The third kappa shape index (κ3) is 2.81. The van der Waals surface area contributed by atoms with E-state index in [4.69, 9.17) is 9.15 Å². The zero-order chi connectivity index (χ0) is 10.7. The number of hydrogen-bond donors (Lipinski definition) is 1. The van der Waals surface area contributed by atoms with Crippen LogP contribution in [0.5, 0.6) is 0 Å². The van der Waals surface area contributed by atoms with Crippen LogP contribution in [-0.4, -0.2) is 49.0 Å². The van der Waals surface area contributed by atoms with E-state index in [-0.39, 0.29) is 6.10 Å². The fourth-order valence-electron chi connectivity index (χ4n) is 1.81. The fourth-order valence-corrected chi connectivity index (χ4v) is 1.81. The van der Waals surface area contributed by atoms with Gasteiger partial charge >= 0.3 is 0 Å². The first kappa shape index (κ1) is 10.7. The Morgan fingerprint density at radius 2 is 2.53 bits per heavy atom. The summed E-state index contributed by atoms with van der Waals surface area (Å²) < 4.78 is 10.7. The Kier molecular flexibility index (Phi) is 3.41. The van der Waals surface area contributed by atoms with E-state index in [0.29, 0.717) is 13.0 Å². The van der Waals surface area contributed by atoms with Crippen LogP contribution in [0.4, 0.5) is 0 Å². The smallest absolute Gasteiger partial charge is 0.106 e. The van der Waals surface area contributed by atoms with Crippen molar-refractivity contribution in [3.63, 3.8) is 0 Å². The quantitative estimate of drug-likeness (QED) is 0.791. The molecule has 1 aliphatic heterocycles. The van der Waals surface area contributed by atoms with Crippen molar-refractivity contribution in [2.75, 3.05) is 26.7 Å². The fraction of sp³-hybridized carbons (Fsp3) is 0.636. The van der Waals surface area contributed by atoms with E-state index < -0.39 is 6.10 Å². The minimum absolute atomic E-state index is 0.103. The maximum Gasteiger partial charge on any atom is 0.106 e. The third-order valence-electron chi connectivity index (χ3n) is 2.72. The standard InChI is InChI=1S/C11H17NO3/c1-12-4-6-15-11(8-12)10(13)7-9-3-2-5-14-9/h2-3,5,10-11,13H,4,6-8H2,1H3. The predicted molar refractivity (Wildman–Crippen MR) is 55.7 cm³/mol. The van der Waals surface area contributed by atoms with Crippen molar-refractivity contribution in [2.24, 2.45) is 0 Å². The first-order valence-electron chi connectivity index (χ1n) is 5.26. The van der Waals surface area contributed by atoms with Gasteiger partial charge in [-0.05, 0) is 19.2 Å². The van der Waals surface area contributed by atoms with E-state index in [9.17, 15) is 5.11 Å². The molecular formula is C11H17NO3. The van der Waals surface area contributed by atoms with Gasteiger partial charge in [-0.25, -0.2) is 0 Å². The van der Waals surface area contributed by atoms with Crippen LogP contribution in [0.3, 0.4) is 0 Å². The molecule has 1 aliphatic rings. The number of aliphatic hydroxyl groups excluding tert-OH is 1. The zero-order valence-corrected chi connectivity index (χ0v) is 8.93. The molecule has 1 aromatic rings. The van der Waals surface area contributed by atoms with Gasteiger partial charge in [-0.2, -0.15) is 0 Å². The predicted octanol–water partition coefficient (Wildman–Crippen LogP) is 0.514. The summed E-state index contributed by atoms with van der Waals surface area (Å²) in [5.74, 6) is 0.805. The number of aliphatic hydroxyl groups is 1. The lowest BCUT2D eigenvalue weighted by Crippen LogP contribution is -2.46. The second kappa shape index (κ2) is 4.79. The summed E-state index contributed by atoms with van der Waals surface area (Å²) in [4.78, 5) is 2.17. The summed E-state index contributed by atoms with van der Waals surface area (Å²) in [6, 6.07) is 3.70. The van der Waals surface area contributed by atoms with Gasteiger partial charge in [0.05, 0.1) is 25.1 Å². The van der Waals surface area contributed by atoms with Crippen molar-refractivity contribution in [2.45, 2.75) is 18.6 Å². The van der Waals surface area contributed by atoms with E-state index in [2.05, 4.69) is 4.90 Å². The molecule has 15 heavy (non-hydrogen) atoms. The number of hydrogen-bond acceptors (Lipinski definition) is 4. The summed E-state index contributed by atoms with van der Waals surface area (Å²) in [5, 5.41) is 9.95. The number of morpholine rings is 1. The molecule has 2 rings (SSSR count). The SMILES string of the molecule is CN1CCOC(C(O)Cc2ccco2)C1. The molecular weight excluding hydrogens is 194 g/mol. The van der Waals surface area contributed by atoms with Crippen LogP contribution in [0, 0.1) is 0 Å². The lowest BCUT2D eigenvalue weighted by atomic mass is 10.1. The van der Waals surface area contributed by atoms with Gasteiger partial charge in [0.25, 0.3) is 0 Å². The summed E-state index contributed by atoms with van der Waals surface area (Å²) in [7, 11) is 2.04.